The van der Waals surface area contributed by atoms with Gasteiger partial charge in [0.15, 0.2) is 6.61 Å². The highest BCUT2D eigenvalue weighted by Gasteiger charge is 2.18. The van der Waals surface area contributed by atoms with Gasteiger partial charge >= 0.3 is 12.0 Å². The van der Waals surface area contributed by atoms with E-state index in [1.54, 1.807) is 13.8 Å². The van der Waals surface area contributed by atoms with Crippen molar-refractivity contribution in [3.63, 3.8) is 0 Å². The Morgan fingerprint density at radius 2 is 1.73 bits per heavy atom. The zero-order chi connectivity index (χ0) is 19.7. The number of carbonyl (C=O) groups excluding carboxylic acids is 3. The van der Waals surface area contributed by atoms with Crippen LogP contribution in [0.15, 0.2) is 29.2 Å². The van der Waals surface area contributed by atoms with E-state index >= 15 is 0 Å². The van der Waals surface area contributed by atoms with E-state index in [-0.39, 0.29) is 16.5 Å². The average molecular weight is 385 g/mol. The Hall–Kier alpha value is -2.46. The molecule has 0 heterocycles. The average Bonchev–Trinajstić information content (AvgIpc) is 2.59. The summed E-state index contributed by atoms with van der Waals surface area (Å²) in [5.74, 6) is -1.59. The van der Waals surface area contributed by atoms with Crippen molar-refractivity contribution in [2.45, 2.75) is 38.1 Å². The van der Waals surface area contributed by atoms with E-state index in [1.807, 2.05) is 12.2 Å². The van der Waals surface area contributed by atoms with Crippen LogP contribution in [-0.4, -0.2) is 45.5 Å². The Morgan fingerprint density at radius 1 is 1.12 bits per heavy atom. The molecule has 144 valence electrons. The molecule has 9 nitrogen and oxygen atoms in total. The maximum Gasteiger partial charge on any atom is 0.338 e. The van der Waals surface area contributed by atoms with E-state index in [4.69, 9.17) is 4.74 Å². The van der Waals surface area contributed by atoms with Crippen LogP contribution in [-0.2, 0) is 19.6 Å². The number of benzene rings is 1. The van der Waals surface area contributed by atoms with Gasteiger partial charge in [-0.3, -0.25) is 10.1 Å². The molecule has 3 N–H and O–H groups in total. The van der Waals surface area contributed by atoms with E-state index in [9.17, 15) is 22.8 Å². The maximum absolute atomic E-state index is 12.1. The molecule has 1 aromatic carbocycles. The van der Waals surface area contributed by atoms with Gasteiger partial charge in [0.2, 0.25) is 10.0 Å². The highest BCUT2D eigenvalue weighted by atomic mass is 32.2. The molecular formula is C16H23N3O6S. The number of imide groups is 1. The van der Waals surface area contributed by atoms with Crippen molar-refractivity contribution in [3.05, 3.63) is 29.8 Å². The molecule has 0 aliphatic heterocycles. The number of rotatable bonds is 8. The molecular weight excluding hydrogens is 362 g/mol. The number of amides is 3. The predicted molar refractivity (Wildman–Crippen MR) is 94.0 cm³/mol. The molecule has 0 spiro atoms. The zero-order valence-corrected chi connectivity index (χ0v) is 15.7. The number of nitrogens with one attached hydrogen (secondary N) is 3. The molecule has 26 heavy (non-hydrogen) atoms. The van der Waals surface area contributed by atoms with Gasteiger partial charge in [-0.05, 0) is 44.5 Å². The third-order valence-corrected chi connectivity index (χ3v) is 4.90. The minimum atomic E-state index is -3.67. The molecule has 0 saturated heterocycles. The van der Waals surface area contributed by atoms with E-state index in [1.165, 1.54) is 24.3 Å². The third kappa shape index (κ3) is 6.81. The van der Waals surface area contributed by atoms with Crippen LogP contribution in [0.1, 0.15) is 37.6 Å². The molecule has 3 amide bonds. The summed E-state index contributed by atoms with van der Waals surface area (Å²) in [5.41, 5.74) is 0.0818. The summed E-state index contributed by atoms with van der Waals surface area (Å²) >= 11 is 0. The number of urea groups is 1. The SMILES string of the molecule is CCNC(=O)NC(=O)COC(=O)c1ccc(S(=O)(=O)N[C@H](C)CC)cc1. The molecule has 0 unspecified atom stereocenters. The summed E-state index contributed by atoms with van der Waals surface area (Å²) in [6.45, 7) is 5.00. The topological polar surface area (TPSA) is 131 Å². The van der Waals surface area contributed by atoms with Crippen LogP contribution in [0.2, 0.25) is 0 Å². The van der Waals surface area contributed by atoms with Crippen molar-refractivity contribution in [2.75, 3.05) is 13.2 Å². The van der Waals surface area contributed by atoms with Crippen LogP contribution >= 0.6 is 0 Å². The lowest BCUT2D eigenvalue weighted by atomic mass is 10.2. The van der Waals surface area contributed by atoms with Gasteiger partial charge in [-0.2, -0.15) is 0 Å². The summed E-state index contributed by atoms with van der Waals surface area (Å²) in [5, 5.41) is 4.35. The molecule has 10 heteroatoms. The lowest BCUT2D eigenvalue weighted by Crippen LogP contribution is -2.41. The summed E-state index contributed by atoms with van der Waals surface area (Å²) in [4.78, 5) is 34.5. The standard InChI is InChI=1S/C16H23N3O6S/c1-4-11(3)19-26(23,24)13-8-6-12(7-9-13)15(21)25-10-14(20)18-16(22)17-5-2/h6-9,11,19H,4-5,10H2,1-3H3,(H2,17,18,20,22)/t11-/m1/s1. The molecule has 1 rings (SSSR count). The highest BCUT2D eigenvalue weighted by Crippen LogP contribution is 2.12. The summed E-state index contributed by atoms with van der Waals surface area (Å²) in [6.07, 6.45) is 0.641. The van der Waals surface area contributed by atoms with Gasteiger partial charge in [0.25, 0.3) is 5.91 Å². The second kappa shape index (κ2) is 9.88. The first-order valence-electron chi connectivity index (χ1n) is 8.06. The Labute approximate surface area is 152 Å². The molecule has 1 aromatic rings. The monoisotopic (exact) mass is 385 g/mol. The van der Waals surface area contributed by atoms with Crippen LogP contribution in [0.5, 0.6) is 0 Å². The molecule has 0 bridgehead atoms. The van der Waals surface area contributed by atoms with Gasteiger partial charge in [0.1, 0.15) is 0 Å². The van der Waals surface area contributed by atoms with Crippen molar-refractivity contribution < 1.29 is 27.5 Å². The van der Waals surface area contributed by atoms with Crippen molar-refractivity contribution in [3.8, 4) is 0 Å². The third-order valence-electron chi connectivity index (χ3n) is 3.29. The van der Waals surface area contributed by atoms with Crippen LogP contribution in [0, 0.1) is 0 Å². The quantitative estimate of drug-likeness (QED) is 0.567. The summed E-state index contributed by atoms with van der Waals surface area (Å²) < 4.78 is 31.6. The number of sulfonamides is 1. The van der Waals surface area contributed by atoms with Crippen LogP contribution in [0.25, 0.3) is 0 Å². The fourth-order valence-corrected chi connectivity index (χ4v) is 3.10. The van der Waals surface area contributed by atoms with Crippen LogP contribution in [0.3, 0.4) is 0 Å². The number of esters is 1. The van der Waals surface area contributed by atoms with Crippen LogP contribution in [0.4, 0.5) is 4.79 Å². The fraction of sp³-hybridized carbons (Fsp3) is 0.438. The smallest absolute Gasteiger partial charge is 0.338 e. The largest absolute Gasteiger partial charge is 0.452 e. The molecule has 0 fully saturated rings. The lowest BCUT2D eigenvalue weighted by Gasteiger charge is -2.12. The van der Waals surface area contributed by atoms with Gasteiger partial charge in [-0.25, -0.2) is 22.7 Å². The minimum absolute atomic E-state index is 0.0170. The van der Waals surface area contributed by atoms with E-state index in [0.717, 1.165) is 0 Å². The zero-order valence-electron chi connectivity index (χ0n) is 14.9. The van der Waals surface area contributed by atoms with Gasteiger partial charge in [-0.1, -0.05) is 6.92 Å². The maximum atomic E-state index is 12.1. The van der Waals surface area contributed by atoms with Gasteiger partial charge in [-0.15, -0.1) is 0 Å². The summed E-state index contributed by atoms with van der Waals surface area (Å²) in [7, 11) is -3.67. The van der Waals surface area contributed by atoms with Crippen molar-refractivity contribution in [2.24, 2.45) is 0 Å². The normalized spacial score (nSPS) is 12.1. The minimum Gasteiger partial charge on any atom is -0.452 e. The Kier molecular flexibility index (Phi) is 8.20. The Balaban J connectivity index is 2.64. The van der Waals surface area contributed by atoms with E-state index < -0.39 is 34.5 Å². The molecule has 0 aromatic heterocycles. The fourth-order valence-electron chi connectivity index (χ4n) is 1.77. The van der Waals surface area contributed by atoms with Crippen LogP contribution < -0.4 is 15.4 Å². The Bertz CT molecular complexity index is 746. The first-order chi connectivity index (χ1) is 12.2. The Morgan fingerprint density at radius 3 is 2.27 bits per heavy atom. The number of hydrogen-bond acceptors (Lipinski definition) is 6. The van der Waals surface area contributed by atoms with Crippen molar-refractivity contribution >= 4 is 27.9 Å². The molecule has 1 atom stereocenters. The van der Waals surface area contributed by atoms with Gasteiger partial charge in [0.05, 0.1) is 10.5 Å². The van der Waals surface area contributed by atoms with Gasteiger partial charge in [0, 0.05) is 12.6 Å². The summed E-state index contributed by atoms with van der Waals surface area (Å²) in [6, 6.07) is 4.22. The van der Waals surface area contributed by atoms with E-state index in [0.29, 0.717) is 13.0 Å². The first kappa shape index (κ1) is 21.6. The number of hydrogen-bond donors (Lipinski definition) is 3. The van der Waals surface area contributed by atoms with E-state index in [2.05, 4.69) is 10.0 Å². The predicted octanol–water partition coefficient (Wildman–Crippen LogP) is 0.766. The number of ether oxygens (including phenoxy) is 1. The molecule has 0 saturated carbocycles. The van der Waals surface area contributed by atoms with Crippen molar-refractivity contribution in [1.29, 1.82) is 0 Å². The molecule has 0 aliphatic carbocycles. The highest BCUT2D eigenvalue weighted by molar-refractivity contribution is 7.89. The van der Waals surface area contributed by atoms with Gasteiger partial charge < -0.3 is 10.1 Å². The molecule has 0 aliphatic rings. The first-order valence-corrected chi connectivity index (χ1v) is 9.55. The second-order valence-electron chi connectivity index (χ2n) is 5.44. The van der Waals surface area contributed by atoms with Crippen molar-refractivity contribution in [1.82, 2.24) is 15.4 Å². The second-order valence-corrected chi connectivity index (χ2v) is 7.15. The molecule has 0 radical (unpaired) electrons. The lowest BCUT2D eigenvalue weighted by molar-refractivity contribution is -0.123. The number of carbonyl (C=O) groups is 3.